The number of rotatable bonds is 12. The Bertz CT molecular complexity index is 2800. The fraction of sp³-hybridized carbons (Fsp3) is 0.219. The molecule has 0 aliphatic heterocycles. The summed E-state index contributed by atoms with van der Waals surface area (Å²) in [7, 11) is 0. The molecular weight excluding hydrogens is 833 g/mol. The minimum Gasteiger partial charge on any atom is -0.466 e. The first kappa shape index (κ1) is 43.3. The summed E-state index contributed by atoms with van der Waals surface area (Å²) in [6, 6.07) is 70.3. The molecule has 12 rings (SSSR count). The highest BCUT2D eigenvalue weighted by Crippen LogP contribution is 2.62. The van der Waals surface area contributed by atoms with Crippen molar-refractivity contribution in [2.24, 2.45) is 0 Å². The van der Waals surface area contributed by atoms with E-state index in [1.807, 2.05) is 13.8 Å². The lowest BCUT2D eigenvalue weighted by Gasteiger charge is -2.42. The molecule has 4 heteroatoms. The maximum atomic E-state index is 12.9. The van der Waals surface area contributed by atoms with Crippen molar-refractivity contribution in [3.05, 3.63) is 239 Å². The molecule has 4 aliphatic carbocycles. The van der Waals surface area contributed by atoms with Crippen LogP contribution >= 0.6 is 0 Å². The minimum atomic E-state index is -0.459. The van der Waals surface area contributed by atoms with Gasteiger partial charge in [-0.1, -0.05) is 194 Å². The number of hydrogen-bond acceptors (Lipinski definition) is 4. The Balaban J connectivity index is 0.000000161. The Kier molecular flexibility index (Phi) is 11.5. The van der Waals surface area contributed by atoms with Crippen LogP contribution in [0.25, 0.3) is 44.5 Å². The van der Waals surface area contributed by atoms with Crippen molar-refractivity contribution in [2.75, 3.05) is 13.2 Å². The lowest BCUT2D eigenvalue weighted by Crippen LogP contribution is -2.38. The van der Waals surface area contributed by atoms with Crippen molar-refractivity contribution in [1.82, 2.24) is 0 Å². The van der Waals surface area contributed by atoms with Crippen molar-refractivity contribution in [1.29, 1.82) is 0 Å². The molecule has 8 aromatic carbocycles. The average Bonchev–Trinajstić information content (AvgIpc) is 4.07. The van der Waals surface area contributed by atoms with Crippen LogP contribution in [0.5, 0.6) is 0 Å². The Labute approximate surface area is 400 Å². The first-order valence-corrected chi connectivity index (χ1v) is 24.5. The fourth-order valence-electron chi connectivity index (χ4n) is 12.8. The standard InChI is InChI=1S/C37H36O4.C27H20/c1-3-40-34(38)21-23-36(30-17-9-5-13-26(30)27-14-6-10-18-31(27)36)25-37(24-22-35(39)41-4-2)32-19-11-7-15-28(32)29-16-8-12-20-33(29)37;1-5-13-22-18(9-1)19-10-2-6-14-23(19)26(22)17-27-24-15-7-3-11-20(24)21-12-4-8-16-25(21)27/h5-20H,3-4,21-25H2,1-2H3;1-16,26-27H,17H2. The van der Waals surface area contributed by atoms with Crippen LogP contribution in [-0.2, 0) is 29.9 Å². The summed E-state index contributed by atoms with van der Waals surface area (Å²) in [6.07, 6.45) is 3.71. The second-order valence-corrected chi connectivity index (χ2v) is 18.8. The lowest BCUT2D eigenvalue weighted by molar-refractivity contribution is -0.144. The molecule has 0 radical (unpaired) electrons. The first-order valence-electron chi connectivity index (χ1n) is 24.5. The van der Waals surface area contributed by atoms with Gasteiger partial charge in [0.25, 0.3) is 0 Å². The topological polar surface area (TPSA) is 52.6 Å². The van der Waals surface area contributed by atoms with Gasteiger partial charge in [-0.3, -0.25) is 9.59 Å². The van der Waals surface area contributed by atoms with Crippen molar-refractivity contribution in [2.45, 2.75) is 75.0 Å². The van der Waals surface area contributed by atoms with Crippen molar-refractivity contribution in [3.8, 4) is 44.5 Å². The van der Waals surface area contributed by atoms with E-state index < -0.39 is 10.8 Å². The van der Waals surface area contributed by atoms with E-state index in [-0.39, 0.29) is 11.9 Å². The number of benzene rings is 8. The molecule has 0 saturated carbocycles. The molecule has 4 aliphatic rings. The number of hydrogen-bond donors (Lipinski definition) is 0. The molecule has 68 heavy (non-hydrogen) atoms. The molecule has 8 aromatic rings. The average molecular weight is 889 g/mol. The Morgan fingerprint density at radius 1 is 0.368 bits per heavy atom. The van der Waals surface area contributed by atoms with Gasteiger partial charge >= 0.3 is 11.9 Å². The van der Waals surface area contributed by atoms with E-state index in [2.05, 4.69) is 194 Å². The molecule has 0 bridgehead atoms. The van der Waals surface area contributed by atoms with Gasteiger partial charge in [0, 0.05) is 35.5 Å². The summed E-state index contributed by atoms with van der Waals surface area (Å²) >= 11 is 0. The van der Waals surface area contributed by atoms with Crippen LogP contribution in [-0.4, -0.2) is 25.2 Å². The molecule has 0 atom stereocenters. The van der Waals surface area contributed by atoms with Crippen LogP contribution in [0.15, 0.2) is 194 Å². The Morgan fingerprint density at radius 2 is 0.618 bits per heavy atom. The van der Waals surface area contributed by atoms with Crippen LogP contribution < -0.4 is 0 Å². The van der Waals surface area contributed by atoms with Gasteiger partial charge in [0.2, 0.25) is 0 Å². The summed E-state index contributed by atoms with van der Waals surface area (Å²) in [4.78, 5) is 25.8. The van der Waals surface area contributed by atoms with Gasteiger partial charge < -0.3 is 9.47 Å². The van der Waals surface area contributed by atoms with Crippen molar-refractivity contribution >= 4 is 11.9 Å². The monoisotopic (exact) mass is 888 g/mol. The maximum absolute atomic E-state index is 12.9. The highest BCUT2D eigenvalue weighted by Gasteiger charge is 2.53. The van der Waals surface area contributed by atoms with Gasteiger partial charge in [-0.05, 0) is 129 Å². The van der Waals surface area contributed by atoms with Gasteiger partial charge in [-0.15, -0.1) is 0 Å². The Hall–Kier alpha value is -7.30. The molecule has 0 heterocycles. The zero-order chi connectivity index (χ0) is 46.2. The number of fused-ring (bicyclic) bond motifs is 12. The van der Waals surface area contributed by atoms with E-state index in [4.69, 9.17) is 9.47 Å². The molecule has 336 valence electrons. The number of carbonyl (C=O) groups excluding carboxylic acids is 2. The zero-order valence-electron chi connectivity index (χ0n) is 38.9. The summed E-state index contributed by atoms with van der Waals surface area (Å²) in [6.45, 7) is 4.43. The number of carbonyl (C=O) groups is 2. The zero-order valence-corrected chi connectivity index (χ0v) is 38.9. The molecule has 0 spiro atoms. The Morgan fingerprint density at radius 3 is 0.897 bits per heavy atom. The van der Waals surface area contributed by atoms with Crippen LogP contribution in [0.1, 0.15) is 109 Å². The molecule has 4 nitrogen and oxygen atoms in total. The molecule has 0 saturated heterocycles. The van der Waals surface area contributed by atoms with Crippen LogP contribution in [0.4, 0.5) is 0 Å². The van der Waals surface area contributed by atoms with Crippen LogP contribution in [0.2, 0.25) is 0 Å². The highest BCUT2D eigenvalue weighted by atomic mass is 16.5. The largest absolute Gasteiger partial charge is 0.466 e. The number of esters is 2. The van der Waals surface area contributed by atoms with Crippen LogP contribution in [0.3, 0.4) is 0 Å². The summed E-state index contributed by atoms with van der Waals surface area (Å²) < 4.78 is 10.9. The normalized spacial score (nSPS) is 14.7. The lowest BCUT2D eigenvalue weighted by atomic mass is 9.60. The van der Waals surface area contributed by atoms with Gasteiger partial charge in [0.15, 0.2) is 0 Å². The van der Waals surface area contributed by atoms with Gasteiger partial charge in [-0.25, -0.2) is 0 Å². The third-order valence-electron chi connectivity index (χ3n) is 15.5. The van der Waals surface area contributed by atoms with Gasteiger partial charge in [-0.2, -0.15) is 0 Å². The second kappa shape index (κ2) is 18.1. The molecule has 0 amide bonds. The van der Waals surface area contributed by atoms with Gasteiger partial charge in [0.1, 0.15) is 0 Å². The SMILES string of the molecule is CCOC(=O)CCC1(CC2(CCC(=O)OCC)c3ccccc3-c3ccccc32)c2ccccc2-c2ccccc21.c1ccc2c(c1)-c1ccccc1C2CC1c2ccccc2-c2ccccc21. The van der Waals surface area contributed by atoms with E-state index in [1.54, 1.807) is 0 Å². The molecular formula is C64H56O4. The van der Waals surface area contributed by atoms with E-state index in [1.165, 1.54) is 89.0 Å². The minimum absolute atomic E-state index is 0.179. The highest BCUT2D eigenvalue weighted by molar-refractivity contribution is 5.86. The fourth-order valence-corrected chi connectivity index (χ4v) is 12.8. The molecule has 0 aromatic heterocycles. The summed E-state index contributed by atoms with van der Waals surface area (Å²) in [5, 5.41) is 0. The quantitative estimate of drug-likeness (QED) is 0.115. The van der Waals surface area contributed by atoms with E-state index in [0.29, 0.717) is 50.7 Å². The third kappa shape index (κ3) is 7.20. The summed E-state index contributed by atoms with van der Waals surface area (Å²) in [5.41, 5.74) is 20.5. The van der Waals surface area contributed by atoms with Gasteiger partial charge in [0.05, 0.1) is 13.2 Å². The van der Waals surface area contributed by atoms with Crippen LogP contribution in [0, 0.1) is 0 Å². The van der Waals surface area contributed by atoms with Crippen molar-refractivity contribution < 1.29 is 19.1 Å². The van der Waals surface area contributed by atoms with E-state index in [0.717, 1.165) is 12.8 Å². The molecule has 0 fully saturated rings. The van der Waals surface area contributed by atoms with E-state index in [9.17, 15) is 9.59 Å². The first-order chi connectivity index (χ1) is 33.5. The summed E-state index contributed by atoms with van der Waals surface area (Å²) in [5.74, 6) is 0.561. The smallest absolute Gasteiger partial charge is 0.305 e. The molecule has 0 N–H and O–H groups in total. The predicted molar refractivity (Wildman–Crippen MR) is 274 cm³/mol. The number of ether oxygens (including phenoxy) is 2. The predicted octanol–water partition coefficient (Wildman–Crippen LogP) is 15.0. The third-order valence-corrected chi connectivity index (χ3v) is 15.5. The second-order valence-electron chi connectivity index (χ2n) is 18.8. The maximum Gasteiger partial charge on any atom is 0.305 e. The molecule has 0 unspecified atom stereocenters. The van der Waals surface area contributed by atoms with E-state index >= 15 is 0 Å². The van der Waals surface area contributed by atoms with Crippen molar-refractivity contribution in [3.63, 3.8) is 0 Å².